The lowest BCUT2D eigenvalue weighted by Gasteiger charge is -2.12. The normalized spacial score (nSPS) is 10.3. The number of nitrogens with zero attached hydrogens (tertiary/aromatic N) is 1. The van der Waals surface area contributed by atoms with E-state index in [9.17, 15) is 0 Å². The molecule has 1 aromatic heterocycles. The van der Waals surface area contributed by atoms with Crippen molar-refractivity contribution in [3.63, 3.8) is 0 Å². The van der Waals surface area contributed by atoms with Crippen LogP contribution in [0.3, 0.4) is 0 Å². The number of methoxy groups -OCH3 is 2. The average Bonchev–Trinajstić information content (AvgIpc) is 2.47. The standard InChI is InChI=1S/C15H17IN2O2/c1-19-14-7-12(6-13(16)15(14)20-2)10-18-9-11-4-3-5-17-8-11/h3-8,18H,9-10H2,1-2H3. The molecule has 1 heterocycles. The number of rotatable bonds is 6. The van der Waals surface area contributed by atoms with E-state index in [0.29, 0.717) is 0 Å². The van der Waals surface area contributed by atoms with Crippen LogP contribution >= 0.6 is 22.6 Å². The van der Waals surface area contributed by atoms with Gasteiger partial charge in [0.05, 0.1) is 17.8 Å². The molecule has 2 rings (SSSR count). The van der Waals surface area contributed by atoms with Crippen LogP contribution in [0.4, 0.5) is 0 Å². The average molecular weight is 384 g/mol. The number of nitrogens with one attached hydrogen (secondary N) is 1. The molecule has 2 aromatic rings. The second kappa shape index (κ2) is 7.44. The van der Waals surface area contributed by atoms with Gasteiger partial charge in [-0.3, -0.25) is 4.98 Å². The fraction of sp³-hybridized carbons (Fsp3) is 0.267. The van der Waals surface area contributed by atoms with Crippen molar-refractivity contribution in [3.05, 3.63) is 51.4 Å². The van der Waals surface area contributed by atoms with Crippen molar-refractivity contribution >= 4 is 22.6 Å². The zero-order valence-corrected chi connectivity index (χ0v) is 13.7. The lowest BCUT2D eigenvalue weighted by atomic mass is 10.2. The van der Waals surface area contributed by atoms with E-state index in [4.69, 9.17) is 9.47 Å². The number of hydrogen-bond acceptors (Lipinski definition) is 4. The molecule has 20 heavy (non-hydrogen) atoms. The molecule has 4 nitrogen and oxygen atoms in total. The van der Waals surface area contributed by atoms with Crippen LogP contribution in [0.1, 0.15) is 11.1 Å². The van der Waals surface area contributed by atoms with Gasteiger partial charge >= 0.3 is 0 Å². The summed E-state index contributed by atoms with van der Waals surface area (Å²) in [6, 6.07) is 8.09. The Labute approximate surface area is 132 Å². The Morgan fingerprint density at radius 2 is 1.95 bits per heavy atom. The highest BCUT2D eigenvalue weighted by Gasteiger charge is 2.10. The summed E-state index contributed by atoms with van der Waals surface area (Å²) < 4.78 is 11.7. The van der Waals surface area contributed by atoms with Crippen LogP contribution < -0.4 is 14.8 Å². The Kier molecular flexibility index (Phi) is 5.60. The van der Waals surface area contributed by atoms with Gasteiger partial charge in [0.2, 0.25) is 0 Å². The van der Waals surface area contributed by atoms with Crippen LogP contribution in [0.2, 0.25) is 0 Å². The predicted octanol–water partition coefficient (Wildman–Crippen LogP) is 2.99. The molecule has 0 aliphatic heterocycles. The molecule has 0 unspecified atom stereocenters. The summed E-state index contributed by atoms with van der Waals surface area (Å²) in [5, 5.41) is 3.39. The van der Waals surface area contributed by atoms with Crippen molar-refractivity contribution in [2.75, 3.05) is 14.2 Å². The highest BCUT2D eigenvalue weighted by atomic mass is 127. The fourth-order valence-electron chi connectivity index (χ4n) is 1.93. The van der Waals surface area contributed by atoms with E-state index in [2.05, 4.69) is 45.0 Å². The maximum absolute atomic E-state index is 5.35. The van der Waals surface area contributed by atoms with Crippen molar-refractivity contribution < 1.29 is 9.47 Å². The van der Waals surface area contributed by atoms with Crippen LogP contribution in [-0.4, -0.2) is 19.2 Å². The van der Waals surface area contributed by atoms with Gasteiger partial charge in [-0.05, 0) is 51.9 Å². The number of halogens is 1. The molecule has 0 amide bonds. The third-order valence-corrected chi connectivity index (χ3v) is 3.68. The van der Waals surface area contributed by atoms with Crippen LogP contribution in [0, 0.1) is 3.57 Å². The lowest BCUT2D eigenvalue weighted by molar-refractivity contribution is 0.352. The molecule has 0 radical (unpaired) electrons. The first-order valence-electron chi connectivity index (χ1n) is 6.24. The molecular weight excluding hydrogens is 367 g/mol. The highest BCUT2D eigenvalue weighted by molar-refractivity contribution is 14.1. The molecule has 0 atom stereocenters. The maximum atomic E-state index is 5.35. The zero-order chi connectivity index (χ0) is 14.4. The van der Waals surface area contributed by atoms with Gasteiger partial charge in [-0.25, -0.2) is 0 Å². The number of pyridine rings is 1. The van der Waals surface area contributed by atoms with Gasteiger partial charge in [-0.1, -0.05) is 6.07 Å². The first-order chi connectivity index (χ1) is 9.74. The summed E-state index contributed by atoms with van der Waals surface area (Å²) in [6.07, 6.45) is 3.64. The lowest BCUT2D eigenvalue weighted by Crippen LogP contribution is -2.13. The smallest absolute Gasteiger partial charge is 0.174 e. The van der Waals surface area contributed by atoms with Crippen LogP contribution in [0.25, 0.3) is 0 Å². The van der Waals surface area contributed by atoms with E-state index >= 15 is 0 Å². The minimum atomic E-state index is 0.762. The summed E-state index contributed by atoms with van der Waals surface area (Å²) in [7, 11) is 3.31. The number of ether oxygens (including phenoxy) is 2. The Morgan fingerprint density at radius 1 is 1.15 bits per heavy atom. The zero-order valence-electron chi connectivity index (χ0n) is 11.5. The minimum absolute atomic E-state index is 0.762. The monoisotopic (exact) mass is 384 g/mol. The first kappa shape index (κ1) is 15.1. The van der Waals surface area contributed by atoms with E-state index in [1.54, 1.807) is 20.4 Å². The largest absolute Gasteiger partial charge is 0.493 e. The molecular formula is C15H17IN2O2. The Hall–Kier alpha value is -1.34. The van der Waals surface area contributed by atoms with Crippen LogP contribution in [-0.2, 0) is 13.1 Å². The summed E-state index contributed by atoms with van der Waals surface area (Å²) in [5.41, 5.74) is 2.33. The summed E-state index contributed by atoms with van der Waals surface area (Å²) >= 11 is 2.26. The number of aromatic nitrogens is 1. The predicted molar refractivity (Wildman–Crippen MR) is 87.0 cm³/mol. The SMILES string of the molecule is COc1cc(CNCc2cccnc2)cc(I)c1OC. The molecule has 1 N–H and O–H groups in total. The molecule has 106 valence electrons. The molecule has 0 bridgehead atoms. The Balaban J connectivity index is 2.01. The molecule has 0 fully saturated rings. The van der Waals surface area contributed by atoms with Crippen molar-refractivity contribution in [1.29, 1.82) is 0 Å². The second-order valence-corrected chi connectivity index (χ2v) is 5.44. The van der Waals surface area contributed by atoms with Gasteiger partial charge in [0.25, 0.3) is 0 Å². The van der Waals surface area contributed by atoms with Crippen LogP contribution in [0.5, 0.6) is 11.5 Å². The number of benzene rings is 1. The molecule has 0 saturated heterocycles. The van der Waals surface area contributed by atoms with E-state index in [1.165, 1.54) is 5.56 Å². The summed E-state index contributed by atoms with van der Waals surface area (Å²) in [4.78, 5) is 4.10. The van der Waals surface area contributed by atoms with Crippen molar-refractivity contribution in [2.24, 2.45) is 0 Å². The first-order valence-corrected chi connectivity index (χ1v) is 7.32. The molecule has 0 spiro atoms. The Morgan fingerprint density at radius 3 is 2.60 bits per heavy atom. The topological polar surface area (TPSA) is 43.4 Å². The molecule has 0 saturated carbocycles. The van der Waals surface area contributed by atoms with Gasteiger partial charge in [0, 0.05) is 25.5 Å². The van der Waals surface area contributed by atoms with Gasteiger partial charge in [-0.15, -0.1) is 0 Å². The van der Waals surface area contributed by atoms with E-state index in [0.717, 1.165) is 33.7 Å². The molecule has 0 aliphatic carbocycles. The quantitative estimate of drug-likeness (QED) is 0.778. The minimum Gasteiger partial charge on any atom is -0.493 e. The van der Waals surface area contributed by atoms with Gasteiger partial charge in [0.15, 0.2) is 11.5 Å². The molecule has 5 heteroatoms. The van der Waals surface area contributed by atoms with Gasteiger partial charge < -0.3 is 14.8 Å². The van der Waals surface area contributed by atoms with Crippen molar-refractivity contribution in [3.8, 4) is 11.5 Å². The van der Waals surface area contributed by atoms with E-state index in [1.807, 2.05) is 18.3 Å². The van der Waals surface area contributed by atoms with Crippen molar-refractivity contribution in [1.82, 2.24) is 10.3 Å². The molecule has 0 aliphatic rings. The number of hydrogen-bond donors (Lipinski definition) is 1. The van der Waals surface area contributed by atoms with E-state index < -0.39 is 0 Å². The highest BCUT2D eigenvalue weighted by Crippen LogP contribution is 2.33. The third kappa shape index (κ3) is 3.83. The van der Waals surface area contributed by atoms with Crippen LogP contribution in [0.15, 0.2) is 36.7 Å². The second-order valence-electron chi connectivity index (χ2n) is 4.28. The van der Waals surface area contributed by atoms with Crippen molar-refractivity contribution in [2.45, 2.75) is 13.1 Å². The molecule has 1 aromatic carbocycles. The summed E-state index contributed by atoms with van der Waals surface area (Å²) in [5.74, 6) is 1.54. The van der Waals surface area contributed by atoms with Gasteiger partial charge in [-0.2, -0.15) is 0 Å². The van der Waals surface area contributed by atoms with E-state index in [-0.39, 0.29) is 0 Å². The maximum Gasteiger partial charge on any atom is 0.174 e. The third-order valence-electron chi connectivity index (χ3n) is 2.87. The summed E-state index contributed by atoms with van der Waals surface area (Å²) in [6.45, 7) is 1.56. The van der Waals surface area contributed by atoms with Gasteiger partial charge in [0.1, 0.15) is 0 Å². The Bertz CT molecular complexity index is 561. The fourth-order valence-corrected chi connectivity index (χ4v) is 2.81.